The number of fused-ring (bicyclic) bond motifs is 2. The van der Waals surface area contributed by atoms with E-state index in [0.29, 0.717) is 22.7 Å². The molecule has 1 aliphatic rings. The molecule has 0 radical (unpaired) electrons. The van der Waals surface area contributed by atoms with Crippen molar-refractivity contribution in [1.29, 1.82) is 0 Å². The Kier molecular flexibility index (Phi) is 3.45. The fourth-order valence-corrected chi connectivity index (χ4v) is 2.80. The van der Waals surface area contributed by atoms with E-state index in [2.05, 4.69) is 20.6 Å². The van der Waals surface area contributed by atoms with Crippen molar-refractivity contribution in [2.24, 2.45) is 0 Å². The van der Waals surface area contributed by atoms with Gasteiger partial charge in [-0.1, -0.05) is 18.2 Å². The molecular weight excluding hydrogens is 308 g/mol. The number of amides is 2. The Morgan fingerprint density at radius 2 is 2.12 bits per heavy atom. The average Bonchev–Trinajstić information content (AvgIpc) is 3.15. The molecule has 0 aliphatic carbocycles. The van der Waals surface area contributed by atoms with Gasteiger partial charge in [0.05, 0.1) is 19.0 Å². The van der Waals surface area contributed by atoms with E-state index >= 15 is 0 Å². The van der Waals surface area contributed by atoms with Gasteiger partial charge in [0, 0.05) is 11.8 Å². The fraction of sp³-hybridized carbons (Fsp3) is 0.176. The van der Waals surface area contributed by atoms with Crippen molar-refractivity contribution in [1.82, 2.24) is 20.6 Å². The maximum absolute atomic E-state index is 12.2. The highest BCUT2D eigenvalue weighted by Gasteiger charge is 2.29. The van der Waals surface area contributed by atoms with Crippen LogP contribution in [0.1, 0.15) is 34.3 Å². The number of rotatable bonds is 4. The molecule has 0 spiro atoms. The SMILES string of the molecule is O=C(CC1NC(=O)c2ccccc21)NCc1nc2ncccc2o1. The number of oxazole rings is 1. The second kappa shape index (κ2) is 5.77. The number of carbonyl (C=O) groups excluding carboxylic acids is 2. The third-order valence-electron chi connectivity index (χ3n) is 3.92. The quantitative estimate of drug-likeness (QED) is 0.762. The predicted molar refractivity (Wildman–Crippen MR) is 84.9 cm³/mol. The number of pyridine rings is 1. The second-order valence-corrected chi connectivity index (χ2v) is 5.53. The molecule has 0 saturated heterocycles. The van der Waals surface area contributed by atoms with E-state index in [1.807, 2.05) is 18.2 Å². The summed E-state index contributed by atoms with van der Waals surface area (Å²) in [6, 6.07) is 10.5. The van der Waals surface area contributed by atoms with Gasteiger partial charge in [0.1, 0.15) is 0 Å². The van der Waals surface area contributed by atoms with Crippen LogP contribution in [0.3, 0.4) is 0 Å². The molecule has 1 atom stereocenters. The molecule has 7 heteroatoms. The van der Waals surface area contributed by atoms with Crippen LogP contribution in [0.25, 0.3) is 11.2 Å². The lowest BCUT2D eigenvalue weighted by molar-refractivity contribution is -0.121. The van der Waals surface area contributed by atoms with Gasteiger partial charge in [-0.05, 0) is 23.8 Å². The topological polar surface area (TPSA) is 97.1 Å². The van der Waals surface area contributed by atoms with Crippen molar-refractivity contribution in [3.8, 4) is 0 Å². The van der Waals surface area contributed by atoms with Gasteiger partial charge in [-0.3, -0.25) is 9.59 Å². The second-order valence-electron chi connectivity index (χ2n) is 5.53. The molecule has 0 bridgehead atoms. The van der Waals surface area contributed by atoms with Gasteiger partial charge in [0.25, 0.3) is 5.91 Å². The van der Waals surface area contributed by atoms with Gasteiger partial charge in [-0.25, -0.2) is 4.98 Å². The number of nitrogens with zero attached hydrogens (tertiary/aromatic N) is 2. The van der Waals surface area contributed by atoms with Crippen LogP contribution in [0.5, 0.6) is 0 Å². The standard InChI is InChI=1S/C17H14N4O3/c22-14(8-12-10-4-1-2-5-11(10)17(23)20-12)19-9-15-21-16-13(24-15)6-3-7-18-16/h1-7,12H,8-9H2,(H,19,22)(H,20,23). The lowest BCUT2D eigenvalue weighted by Crippen LogP contribution is -2.28. The first-order valence-corrected chi connectivity index (χ1v) is 7.57. The van der Waals surface area contributed by atoms with E-state index in [1.54, 1.807) is 24.4 Å². The molecule has 1 aromatic carbocycles. The monoisotopic (exact) mass is 322 g/mol. The third-order valence-corrected chi connectivity index (χ3v) is 3.92. The Labute approximate surface area is 137 Å². The molecule has 120 valence electrons. The maximum Gasteiger partial charge on any atom is 0.252 e. The van der Waals surface area contributed by atoms with Crippen LogP contribution in [0.2, 0.25) is 0 Å². The van der Waals surface area contributed by atoms with E-state index in [0.717, 1.165) is 5.56 Å². The molecule has 1 aliphatic heterocycles. The van der Waals surface area contributed by atoms with Crippen molar-refractivity contribution < 1.29 is 14.0 Å². The molecule has 3 heterocycles. The highest BCUT2D eigenvalue weighted by molar-refractivity contribution is 5.99. The van der Waals surface area contributed by atoms with Crippen LogP contribution in [0.15, 0.2) is 47.0 Å². The Hall–Kier alpha value is -3.22. The summed E-state index contributed by atoms with van der Waals surface area (Å²) in [6.07, 6.45) is 1.80. The summed E-state index contributed by atoms with van der Waals surface area (Å²) in [6.45, 7) is 0.178. The third kappa shape index (κ3) is 2.60. The molecule has 4 rings (SSSR count). The first-order valence-electron chi connectivity index (χ1n) is 7.57. The fourth-order valence-electron chi connectivity index (χ4n) is 2.80. The summed E-state index contributed by atoms with van der Waals surface area (Å²) in [5, 5.41) is 5.58. The molecule has 24 heavy (non-hydrogen) atoms. The smallest absolute Gasteiger partial charge is 0.252 e. The normalized spacial score (nSPS) is 16.0. The molecule has 2 N–H and O–H groups in total. The van der Waals surface area contributed by atoms with Crippen LogP contribution in [-0.4, -0.2) is 21.8 Å². The van der Waals surface area contributed by atoms with Crippen LogP contribution < -0.4 is 10.6 Å². The largest absolute Gasteiger partial charge is 0.437 e. The summed E-state index contributed by atoms with van der Waals surface area (Å²) in [4.78, 5) is 32.3. The van der Waals surface area contributed by atoms with Crippen LogP contribution in [0, 0.1) is 0 Å². The van der Waals surface area contributed by atoms with Gasteiger partial charge < -0.3 is 15.1 Å². The van der Waals surface area contributed by atoms with Crippen LogP contribution in [-0.2, 0) is 11.3 Å². The predicted octanol–water partition coefficient (Wildman–Crippen LogP) is 1.71. The molecule has 3 aromatic rings. The van der Waals surface area contributed by atoms with E-state index in [4.69, 9.17) is 4.42 Å². The molecule has 2 aromatic heterocycles. The van der Waals surface area contributed by atoms with E-state index < -0.39 is 0 Å². The van der Waals surface area contributed by atoms with Crippen LogP contribution in [0.4, 0.5) is 0 Å². The highest BCUT2D eigenvalue weighted by atomic mass is 16.3. The molecule has 0 saturated carbocycles. The van der Waals surface area contributed by atoms with Crippen molar-refractivity contribution in [2.75, 3.05) is 0 Å². The van der Waals surface area contributed by atoms with Crippen molar-refractivity contribution in [3.63, 3.8) is 0 Å². The zero-order chi connectivity index (χ0) is 16.5. The van der Waals surface area contributed by atoms with E-state index in [9.17, 15) is 9.59 Å². The lowest BCUT2D eigenvalue weighted by atomic mass is 10.0. The summed E-state index contributed by atoms with van der Waals surface area (Å²) in [7, 11) is 0. The summed E-state index contributed by atoms with van der Waals surface area (Å²) in [5.74, 6) is 0.0635. The van der Waals surface area contributed by atoms with Gasteiger partial charge in [0.2, 0.25) is 11.8 Å². The molecule has 1 unspecified atom stereocenters. The van der Waals surface area contributed by atoms with E-state index in [-0.39, 0.29) is 30.8 Å². The maximum atomic E-state index is 12.2. The number of carbonyl (C=O) groups is 2. The summed E-state index contributed by atoms with van der Waals surface area (Å²) < 4.78 is 5.50. The van der Waals surface area contributed by atoms with Gasteiger partial charge in [0.15, 0.2) is 11.2 Å². The van der Waals surface area contributed by atoms with Gasteiger partial charge in [-0.2, -0.15) is 4.98 Å². The van der Waals surface area contributed by atoms with Crippen LogP contribution >= 0.6 is 0 Å². The number of nitrogens with one attached hydrogen (secondary N) is 2. The van der Waals surface area contributed by atoms with Gasteiger partial charge >= 0.3 is 0 Å². The number of benzene rings is 1. The van der Waals surface area contributed by atoms with E-state index in [1.165, 1.54) is 0 Å². The Morgan fingerprint density at radius 3 is 3.00 bits per heavy atom. The van der Waals surface area contributed by atoms with Crippen molar-refractivity contribution >= 4 is 23.0 Å². The van der Waals surface area contributed by atoms with Crippen molar-refractivity contribution in [3.05, 3.63) is 59.6 Å². The zero-order valence-corrected chi connectivity index (χ0v) is 12.7. The Balaban J connectivity index is 1.40. The minimum Gasteiger partial charge on any atom is -0.437 e. The number of aromatic nitrogens is 2. The number of hydrogen-bond acceptors (Lipinski definition) is 5. The lowest BCUT2D eigenvalue weighted by Gasteiger charge is -2.11. The van der Waals surface area contributed by atoms with Crippen molar-refractivity contribution in [2.45, 2.75) is 19.0 Å². The first-order chi connectivity index (χ1) is 11.7. The zero-order valence-electron chi connectivity index (χ0n) is 12.7. The number of hydrogen-bond donors (Lipinski definition) is 2. The Morgan fingerprint density at radius 1 is 1.25 bits per heavy atom. The van der Waals surface area contributed by atoms with Gasteiger partial charge in [-0.15, -0.1) is 0 Å². The summed E-state index contributed by atoms with van der Waals surface area (Å²) in [5.41, 5.74) is 2.57. The Bertz CT molecular complexity index is 901. The molecule has 7 nitrogen and oxygen atoms in total. The molecular formula is C17H14N4O3. The minimum absolute atomic E-state index is 0.145. The average molecular weight is 322 g/mol. The minimum atomic E-state index is -0.306. The first kappa shape index (κ1) is 14.4. The molecule has 2 amide bonds. The summed E-state index contributed by atoms with van der Waals surface area (Å²) >= 11 is 0. The molecule has 0 fully saturated rings. The highest BCUT2D eigenvalue weighted by Crippen LogP contribution is 2.27.